The lowest BCUT2D eigenvalue weighted by molar-refractivity contribution is -0.135. The van der Waals surface area contributed by atoms with E-state index in [0.29, 0.717) is 5.92 Å². The van der Waals surface area contributed by atoms with Crippen molar-refractivity contribution in [2.75, 3.05) is 6.54 Å². The molecule has 1 saturated heterocycles. The Bertz CT molecular complexity index is 746. The number of carbonyl (C=O) groups excluding carboxylic acids is 3. The van der Waals surface area contributed by atoms with Crippen LogP contribution in [0.25, 0.3) is 0 Å². The molecule has 6 nitrogen and oxygen atoms in total. The van der Waals surface area contributed by atoms with Crippen LogP contribution in [-0.2, 0) is 21.5 Å². The Morgan fingerprint density at radius 2 is 1.89 bits per heavy atom. The summed E-state index contributed by atoms with van der Waals surface area (Å²) in [6.45, 7) is 5.71. The first kappa shape index (κ1) is 20.4. The molecule has 28 heavy (non-hydrogen) atoms. The van der Waals surface area contributed by atoms with E-state index in [-0.39, 0.29) is 24.4 Å². The molecular formula is C22H31N3O3. The number of nitrogens with zero attached hydrogens (tertiary/aromatic N) is 1. The minimum absolute atomic E-state index is 0.125. The number of carbonyl (C=O) groups is 3. The molecule has 1 aromatic rings. The Hall–Kier alpha value is -2.37. The zero-order valence-electron chi connectivity index (χ0n) is 17.1. The molecule has 1 aliphatic carbocycles. The van der Waals surface area contributed by atoms with E-state index < -0.39 is 11.6 Å². The van der Waals surface area contributed by atoms with Crippen molar-refractivity contribution in [3.8, 4) is 0 Å². The van der Waals surface area contributed by atoms with Crippen molar-refractivity contribution in [1.82, 2.24) is 15.5 Å². The molecule has 0 bridgehead atoms. The molecule has 0 aromatic heterocycles. The second-order valence-corrected chi connectivity index (χ2v) is 8.33. The fourth-order valence-corrected chi connectivity index (χ4v) is 4.26. The van der Waals surface area contributed by atoms with Gasteiger partial charge in [0, 0.05) is 6.04 Å². The van der Waals surface area contributed by atoms with Gasteiger partial charge in [0.05, 0.1) is 0 Å². The van der Waals surface area contributed by atoms with Gasteiger partial charge in [-0.25, -0.2) is 4.79 Å². The molecule has 1 aliphatic heterocycles. The second kappa shape index (κ2) is 8.33. The Morgan fingerprint density at radius 3 is 2.54 bits per heavy atom. The molecule has 6 heteroatoms. The van der Waals surface area contributed by atoms with Gasteiger partial charge in [-0.2, -0.15) is 0 Å². The third kappa shape index (κ3) is 4.05. The Morgan fingerprint density at radius 1 is 1.21 bits per heavy atom. The number of benzene rings is 1. The molecule has 0 spiro atoms. The second-order valence-electron chi connectivity index (χ2n) is 8.33. The van der Waals surface area contributed by atoms with Crippen molar-refractivity contribution in [2.45, 2.75) is 70.9 Å². The molecule has 2 fully saturated rings. The van der Waals surface area contributed by atoms with E-state index in [1.807, 2.05) is 24.3 Å². The van der Waals surface area contributed by atoms with Crippen LogP contribution in [0.1, 0.15) is 64.0 Å². The molecule has 1 aromatic carbocycles. The molecule has 0 unspecified atom stereocenters. The summed E-state index contributed by atoms with van der Waals surface area (Å²) in [5.41, 5.74) is 0.791. The zero-order chi connectivity index (χ0) is 20.3. The average molecular weight is 386 g/mol. The van der Waals surface area contributed by atoms with Gasteiger partial charge in [0.2, 0.25) is 5.91 Å². The minimum Gasteiger partial charge on any atom is -0.352 e. The van der Waals surface area contributed by atoms with E-state index in [4.69, 9.17) is 0 Å². The van der Waals surface area contributed by atoms with Crippen LogP contribution in [0.15, 0.2) is 24.3 Å². The average Bonchev–Trinajstić information content (AvgIpc) is 2.88. The largest absolute Gasteiger partial charge is 0.352 e. The number of urea groups is 1. The molecule has 152 valence electrons. The maximum absolute atomic E-state index is 13.0. The van der Waals surface area contributed by atoms with Crippen LogP contribution in [-0.4, -0.2) is 35.3 Å². The molecule has 1 heterocycles. The fourth-order valence-electron chi connectivity index (χ4n) is 4.26. The van der Waals surface area contributed by atoms with E-state index >= 15 is 0 Å². The van der Waals surface area contributed by atoms with Gasteiger partial charge in [0.15, 0.2) is 0 Å². The molecule has 0 radical (unpaired) electrons. The Kier molecular flexibility index (Phi) is 6.06. The van der Waals surface area contributed by atoms with Crippen molar-refractivity contribution in [3.05, 3.63) is 35.4 Å². The summed E-state index contributed by atoms with van der Waals surface area (Å²) in [5, 5.41) is 5.79. The van der Waals surface area contributed by atoms with Crippen LogP contribution < -0.4 is 10.6 Å². The van der Waals surface area contributed by atoms with Gasteiger partial charge < -0.3 is 10.6 Å². The molecule has 2 N–H and O–H groups in total. The lowest BCUT2D eigenvalue weighted by atomic mass is 9.86. The highest BCUT2D eigenvalue weighted by Crippen LogP contribution is 2.29. The van der Waals surface area contributed by atoms with Crippen molar-refractivity contribution in [2.24, 2.45) is 5.92 Å². The lowest BCUT2D eigenvalue weighted by Crippen LogP contribution is -2.47. The Balaban J connectivity index is 1.67. The SMILES string of the molecule is CCCc1ccc([C@@]2(C)NC(=O)N(CC(=O)N[C@@H]3CCCC[C@@H]3C)C2=O)cc1. The van der Waals surface area contributed by atoms with Gasteiger partial charge in [0.1, 0.15) is 12.1 Å². The smallest absolute Gasteiger partial charge is 0.325 e. The van der Waals surface area contributed by atoms with E-state index in [1.54, 1.807) is 6.92 Å². The summed E-state index contributed by atoms with van der Waals surface area (Å²) in [7, 11) is 0. The van der Waals surface area contributed by atoms with Crippen LogP contribution in [0.4, 0.5) is 4.79 Å². The number of hydrogen-bond acceptors (Lipinski definition) is 3. The number of rotatable bonds is 6. The van der Waals surface area contributed by atoms with Gasteiger partial charge in [0.25, 0.3) is 5.91 Å². The third-order valence-corrected chi connectivity index (χ3v) is 6.10. The number of aryl methyl sites for hydroxylation is 1. The van der Waals surface area contributed by atoms with Crippen molar-refractivity contribution >= 4 is 17.8 Å². The van der Waals surface area contributed by atoms with Crippen LogP contribution in [0.5, 0.6) is 0 Å². The highest BCUT2D eigenvalue weighted by atomic mass is 16.2. The standard InChI is InChI=1S/C22H31N3O3/c1-4-7-16-10-12-17(13-11-16)22(3)20(27)25(21(28)24-22)14-19(26)23-18-9-6-5-8-15(18)2/h10-13,15,18H,4-9,14H2,1-3H3,(H,23,26)(H,24,28)/t15-,18+,22+/m0/s1. The summed E-state index contributed by atoms with van der Waals surface area (Å²) in [4.78, 5) is 39.0. The van der Waals surface area contributed by atoms with Gasteiger partial charge in [-0.15, -0.1) is 0 Å². The number of nitrogens with one attached hydrogen (secondary N) is 2. The summed E-state index contributed by atoms with van der Waals surface area (Å²) < 4.78 is 0. The topological polar surface area (TPSA) is 78.5 Å². The lowest BCUT2D eigenvalue weighted by Gasteiger charge is -2.30. The van der Waals surface area contributed by atoms with Crippen LogP contribution >= 0.6 is 0 Å². The third-order valence-electron chi connectivity index (χ3n) is 6.10. The number of hydrogen-bond donors (Lipinski definition) is 2. The summed E-state index contributed by atoms with van der Waals surface area (Å²) in [6, 6.07) is 7.36. The van der Waals surface area contributed by atoms with E-state index in [0.717, 1.165) is 42.6 Å². The highest BCUT2D eigenvalue weighted by Gasteiger charge is 2.49. The van der Waals surface area contributed by atoms with Crippen molar-refractivity contribution in [3.63, 3.8) is 0 Å². The Labute approximate surface area is 167 Å². The predicted molar refractivity (Wildman–Crippen MR) is 108 cm³/mol. The normalized spacial score (nSPS) is 27.6. The van der Waals surface area contributed by atoms with Gasteiger partial charge in [-0.1, -0.05) is 57.4 Å². The molecule has 2 aliphatic rings. The summed E-state index contributed by atoms with van der Waals surface area (Å²) in [6.07, 6.45) is 6.37. The first-order chi connectivity index (χ1) is 13.3. The van der Waals surface area contributed by atoms with E-state index in [2.05, 4.69) is 24.5 Å². The highest BCUT2D eigenvalue weighted by molar-refractivity contribution is 6.09. The molecule has 3 atom stereocenters. The molecule has 3 rings (SSSR count). The maximum Gasteiger partial charge on any atom is 0.325 e. The van der Waals surface area contributed by atoms with Crippen molar-refractivity contribution in [1.29, 1.82) is 0 Å². The van der Waals surface area contributed by atoms with Gasteiger partial charge >= 0.3 is 6.03 Å². The molecule has 4 amide bonds. The first-order valence-electron chi connectivity index (χ1n) is 10.4. The van der Waals surface area contributed by atoms with Crippen LogP contribution in [0.2, 0.25) is 0 Å². The molecule has 1 saturated carbocycles. The quantitative estimate of drug-likeness (QED) is 0.739. The number of amides is 4. The maximum atomic E-state index is 13.0. The molecular weight excluding hydrogens is 354 g/mol. The van der Waals surface area contributed by atoms with E-state index in [9.17, 15) is 14.4 Å². The predicted octanol–water partition coefficient (Wildman–Crippen LogP) is 3.10. The minimum atomic E-state index is -1.14. The zero-order valence-corrected chi connectivity index (χ0v) is 17.1. The summed E-state index contributed by atoms with van der Waals surface area (Å²) in [5.74, 6) is -0.231. The van der Waals surface area contributed by atoms with Crippen LogP contribution in [0, 0.1) is 5.92 Å². The summed E-state index contributed by atoms with van der Waals surface area (Å²) >= 11 is 0. The van der Waals surface area contributed by atoms with Crippen LogP contribution in [0.3, 0.4) is 0 Å². The van der Waals surface area contributed by atoms with E-state index in [1.165, 1.54) is 12.0 Å². The monoisotopic (exact) mass is 385 g/mol. The first-order valence-corrected chi connectivity index (χ1v) is 10.4. The van der Waals surface area contributed by atoms with Gasteiger partial charge in [-0.3, -0.25) is 14.5 Å². The van der Waals surface area contributed by atoms with Crippen molar-refractivity contribution < 1.29 is 14.4 Å². The van der Waals surface area contributed by atoms with Gasteiger partial charge in [-0.05, 0) is 43.2 Å². The number of imide groups is 1. The fraction of sp³-hybridized carbons (Fsp3) is 0.591.